The van der Waals surface area contributed by atoms with Crippen LogP contribution >= 0.6 is 0 Å². The number of unbranched alkanes of at least 4 members (excludes halogenated alkanes) is 1. The van der Waals surface area contributed by atoms with Crippen molar-refractivity contribution >= 4 is 8.56 Å². The molecule has 0 saturated carbocycles. The van der Waals surface area contributed by atoms with Gasteiger partial charge in [-0.05, 0) is 17.0 Å². The molecule has 0 spiro atoms. The lowest BCUT2D eigenvalue weighted by Crippen LogP contribution is -2.46. The van der Waals surface area contributed by atoms with Gasteiger partial charge >= 0.3 is 8.56 Å². The number of rotatable bonds is 8. The van der Waals surface area contributed by atoms with E-state index >= 15 is 0 Å². The van der Waals surface area contributed by atoms with Gasteiger partial charge in [-0.2, -0.15) is 0 Å². The molecule has 0 aromatic rings. The van der Waals surface area contributed by atoms with Crippen molar-refractivity contribution in [3.05, 3.63) is 0 Å². The van der Waals surface area contributed by atoms with E-state index in [1.165, 1.54) is 12.8 Å². The van der Waals surface area contributed by atoms with Gasteiger partial charge in [0.05, 0.1) is 0 Å². The van der Waals surface area contributed by atoms with Gasteiger partial charge < -0.3 is 8.85 Å². The highest BCUT2D eigenvalue weighted by atomic mass is 28.4. The molecule has 3 heteroatoms. The van der Waals surface area contributed by atoms with E-state index in [1.807, 2.05) is 7.11 Å². The van der Waals surface area contributed by atoms with Crippen LogP contribution in [-0.4, -0.2) is 22.3 Å². The summed E-state index contributed by atoms with van der Waals surface area (Å²) in [6.07, 6.45) is 3.58. The van der Waals surface area contributed by atoms with Crippen molar-refractivity contribution in [2.24, 2.45) is 5.41 Å². The van der Waals surface area contributed by atoms with E-state index in [2.05, 4.69) is 41.5 Å². The second-order valence-electron chi connectivity index (χ2n) is 6.28. The van der Waals surface area contributed by atoms with E-state index in [0.717, 1.165) is 19.1 Å². The normalized spacial score (nSPS) is 17.8. The summed E-state index contributed by atoms with van der Waals surface area (Å²) in [7, 11) is -0.160. The molecule has 0 fully saturated rings. The highest BCUT2D eigenvalue weighted by molar-refractivity contribution is 6.68. The van der Waals surface area contributed by atoms with Gasteiger partial charge in [-0.1, -0.05) is 60.8 Å². The molecular weight excluding hydrogens is 228 g/mol. The second kappa shape index (κ2) is 7.55. The molecule has 2 unspecified atom stereocenters. The third-order valence-electron chi connectivity index (χ3n) is 3.34. The molecule has 0 radical (unpaired) electrons. The van der Waals surface area contributed by atoms with Crippen molar-refractivity contribution in [2.45, 2.75) is 72.4 Å². The van der Waals surface area contributed by atoms with Gasteiger partial charge in [0.1, 0.15) is 0 Å². The van der Waals surface area contributed by atoms with E-state index in [1.54, 1.807) is 0 Å². The Balaban J connectivity index is 4.66. The van der Waals surface area contributed by atoms with E-state index in [4.69, 9.17) is 8.85 Å². The van der Waals surface area contributed by atoms with Gasteiger partial charge in [0, 0.05) is 13.7 Å². The number of hydrogen-bond acceptors (Lipinski definition) is 2. The fourth-order valence-electron chi connectivity index (χ4n) is 1.90. The quantitative estimate of drug-likeness (QED) is 0.587. The average Bonchev–Trinajstić information content (AvgIpc) is 2.28. The molecule has 0 aliphatic rings. The standard InChI is InChI=1S/C14H32O2Si/c1-8-10-11-17(15-7,13(3)9-2)16-12-14(4,5)6/h13H,8-12H2,1-7H3. The van der Waals surface area contributed by atoms with Gasteiger partial charge in [0.25, 0.3) is 0 Å². The Kier molecular flexibility index (Phi) is 7.61. The molecule has 0 saturated heterocycles. The van der Waals surface area contributed by atoms with Crippen LogP contribution in [0.2, 0.25) is 11.6 Å². The molecule has 0 bridgehead atoms. The summed E-state index contributed by atoms with van der Waals surface area (Å²) < 4.78 is 12.2. The van der Waals surface area contributed by atoms with Crippen LogP contribution in [0.15, 0.2) is 0 Å². The van der Waals surface area contributed by atoms with Crippen molar-refractivity contribution in [1.29, 1.82) is 0 Å². The molecule has 2 nitrogen and oxygen atoms in total. The van der Waals surface area contributed by atoms with Crippen LogP contribution in [0.1, 0.15) is 60.8 Å². The minimum atomic E-state index is -2.00. The third-order valence-corrected chi connectivity index (χ3v) is 7.62. The maximum Gasteiger partial charge on any atom is 0.340 e. The Morgan fingerprint density at radius 1 is 1.18 bits per heavy atom. The summed E-state index contributed by atoms with van der Waals surface area (Å²) in [5.74, 6) is 0. The van der Waals surface area contributed by atoms with Crippen molar-refractivity contribution < 1.29 is 8.85 Å². The molecule has 0 aromatic heterocycles. The molecule has 0 amide bonds. The first-order valence-corrected chi connectivity index (χ1v) is 9.10. The summed E-state index contributed by atoms with van der Waals surface area (Å²) in [5.41, 5.74) is 0.789. The first kappa shape index (κ1) is 17.1. The predicted octanol–water partition coefficient (Wildman–Crippen LogP) is 4.74. The van der Waals surface area contributed by atoms with Crippen LogP contribution < -0.4 is 0 Å². The monoisotopic (exact) mass is 260 g/mol. The van der Waals surface area contributed by atoms with E-state index < -0.39 is 8.56 Å². The Morgan fingerprint density at radius 3 is 2.12 bits per heavy atom. The van der Waals surface area contributed by atoms with Crippen LogP contribution in [0.4, 0.5) is 0 Å². The van der Waals surface area contributed by atoms with Gasteiger partial charge in [0.15, 0.2) is 0 Å². The highest BCUT2D eigenvalue weighted by Crippen LogP contribution is 2.33. The molecule has 0 aliphatic heterocycles. The van der Waals surface area contributed by atoms with Gasteiger partial charge in [-0.25, -0.2) is 0 Å². The Hall–Kier alpha value is 0.137. The van der Waals surface area contributed by atoms with E-state index in [0.29, 0.717) is 5.54 Å². The zero-order valence-corrected chi connectivity index (χ0v) is 13.9. The van der Waals surface area contributed by atoms with Gasteiger partial charge in [-0.3, -0.25) is 0 Å². The molecule has 0 N–H and O–H groups in total. The summed E-state index contributed by atoms with van der Waals surface area (Å²) in [5, 5.41) is 0. The summed E-state index contributed by atoms with van der Waals surface area (Å²) >= 11 is 0. The summed E-state index contributed by atoms with van der Waals surface area (Å²) in [6, 6.07) is 1.13. The molecule has 0 heterocycles. The van der Waals surface area contributed by atoms with Crippen molar-refractivity contribution in [1.82, 2.24) is 0 Å². The van der Waals surface area contributed by atoms with Crippen LogP contribution in [0, 0.1) is 5.41 Å². The summed E-state index contributed by atoms with van der Waals surface area (Å²) in [6.45, 7) is 14.2. The SMILES string of the molecule is CCCC[Si](OC)(OCC(C)(C)C)C(C)CC. The molecule has 0 aliphatic carbocycles. The van der Waals surface area contributed by atoms with Crippen molar-refractivity contribution in [2.75, 3.05) is 13.7 Å². The summed E-state index contributed by atoms with van der Waals surface area (Å²) in [4.78, 5) is 0. The largest absolute Gasteiger partial charge is 0.397 e. The topological polar surface area (TPSA) is 18.5 Å². The zero-order valence-electron chi connectivity index (χ0n) is 12.9. The Morgan fingerprint density at radius 2 is 1.76 bits per heavy atom. The Labute approximate surface area is 109 Å². The zero-order chi connectivity index (χ0) is 13.5. The van der Waals surface area contributed by atoms with Crippen LogP contribution in [-0.2, 0) is 8.85 Å². The van der Waals surface area contributed by atoms with Gasteiger partial charge in [-0.15, -0.1) is 0 Å². The molecule has 0 rings (SSSR count). The molecule has 104 valence electrons. The van der Waals surface area contributed by atoms with Gasteiger partial charge in [0.2, 0.25) is 0 Å². The maximum atomic E-state index is 6.31. The van der Waals surface area contributed by atoms with E-state index in [9.17, 15) is 0 Å². The van der Waals surface area contributed by atoms with E-state index in [-0.39, 0.29) is 5.41 Å². The van der Waals surface area contributed by atoms with Crippen LogP contribution in [0.5, 0.6) is 0 Å². The molecule has 0 aromatic carbocycles. The van der Waals surface area contributed by atoms with Crippen LogP contribution in [0.25, 0.3) is 0 Å². The predicted molar refractivity (Wildman–Crippen MR) is 77.6 cm³/mol. The fraction of sp³-hybridized carbons (Fsp3) is 1.00. The molecule has 17 heavy (non-hydrogen) atoms. The minimum Gasteiger partial charge on any atom is -0.397 e. The first-order valence-electron chi connectivity index (χ1n) is 7.00. The second-order valence-corrected chi connectivity index (χ2v) is 10.1. The smallest absolute Gasteiger partial charge is 0.340 e. The first-order chi connectivity index (χ1) is 7.81. The fourth-order valence-corrected chi connectivity index (χ4v) is 5.69. The van der Waals surface area contributed by atoms with Crippen molar-refractivity contribution in [3.63, 3.8) is 0 Å². The third kappa shape index (κ3) is 6.02. The van der Waals surface area contributed by atoms with Crippen molar-refractivity contribution in [3.8, 4) is 0 Å². The average molecular weight is 260 g/mol. The van der Waals surface area contributed by atoms with Crippen LogP contribution in [0.3, 0.4) is 0 Å². The Bertz CT molecular complexity index is 201. The lowest BCUT2D eigenvalue weighted by atomic mass is 9.99. The molecule has 2 atom stereocenters. The number of hydrogen-bond donors (Lipinski definition) is 0. The maximum absolute atomic E-state index is 6.31. The minimum absolute atomic E-state index is 0.219. The molecular formula is C14H32O2Si. The lowest BCUT2D eigenvalue weighted by Gasteiger charge is -2.36. The highest BCUT2D eigenvalue weighted by Gasteiger charge is 2.42. The lowest BCUT2D eigenvalue weighted by molar-refractivity contribution is 0.128.